The molecular formula is C20H20F2N4O2. The molecule has 0 aliphatic rings. The number of aromatic amines is 1. The van der Waals surface area contributed by atoms with Crippen LogP contribution in [0.4, 0.5) is 20.2 Å². The Morgan fingerprint density at radius 2 is 1.79 bits per heavy atom. The minimum atomic E-state index is -1.04. The number of H-pyrrole nitrogens is 1. The number of nitrogens with zero attached hydrogens (tertiary/aromatic N) is 1. The zero-order valence-corrected chi connectivity index (χ0v) is 15.4. The molecule has 3 N–H and O–H groups in total. The SMILES string of the molecule is C[C@@H](CN(C)c1ccccc1)NC(=O)C(=O)Nc1c[nH]c2cc(F)c(F)cc12. The smallest absolute Gasteiger partial charge is 0.313 e. The number of para-hydroxylation sites is 1. The molecule has 1 atom stereocenters. The summed E-state index contributed by atoms with van der Waals surface area (Å²) < 4.78 is 26.7. The number of hydrogen-bond donors (Lipinski definition) is 3. The number of nitrogens with one attached hydrogen (secondary N) is 3. The van der Waals surface area contributed by atoms with E-state index in [0.29, 0.717) is 12.1 Å². The standard InChI is InChI=1S/C20H20F2N4O2/c1-12(11-26(2)13-6-4-3-5-7-13)24-19(27)20(28)25-18-10-23-17-9-16(22)15(21)8-14(17)18/h3-10,12,23H,11H2,1-2H3,(H,24,27)(H,25,28)/t12-/m0/s1. The van der Waals surface area contributed by atoms with E-state index in [2.05, 4.69) is 15.6 Å². The second kappa shape index (κ2) is 8.08. The number of aromatic nitrogens is 1. The van der Waals surface area contributed by atoms with Crippen LogP contribution in [0.25, 0.3) is 10.9 Å². The van der Waals surface area contributed by atoms with Gasteiger partial charge in [-0.15, -0.1) is 0 Å². The Balaban J connectivity index is 1.60. The van der Waals surface area contributed by atoms with Gasteiger partial charge in [-0.2, -0.15) is 0 Å². The van der Waals surface area contributed by atoms with Gasteiger partial charge in [0.25, 0.3) is 0 Å². The summed E-state index contributed by atoms with van der Waals surface area (Å²) in [5.74, 6) is -3.74. The zero-order chi connectivity index (χ0) is 20.3. The van der Waals surface area contributed by atoms with Crippen LogP contribution in [0.15, 0.2) is 48.7 Å². The molecule has 3 rings (SSSR count). The van der Waals surface area contributed by atoms with Crippen molar-refractivity contribution in [2.75, 3.05) is 23.8 Å². The van der Waals surface area contributed by atoms with Crippen molar-refractivity contribution in [1.29, 1.82) is 0 Å². The van der Waals surface area contributed by atoms with Crippen LogP contribution >= 0.6 is 0 Å². The summed E-state index contributed by atoms with van der Waals surface area (Å²) in [6.45, 7) is 2.29. The molecule has 1 heterocycles. The number of amides is 2. The third-order valence-electron chi connectivity index (χ3n) is 4.30. The molecule has 6 nitrogen and oxygen atoms in total. The lowest BCUT2D eigenvalue weighted by molar-refractivity contribution is -0.136. The van der Waals surface area contributed by atoms with Gasteiger partial charge in [-0.05, 0) is 25.1 Å². The van der Waals surface area contributed by atoms with Crippen molar-refractivity contribution < 1.29 is 18.4 Å². The fraction of sp³-hybridized carbons (Fsp3) is 0.200. The van der Waals surface area contributed by atoms with E-state index in [4.69, 9.17) is 0 Å². The average molecular weight is 386 g/mol. The number of fused-ring (bicyclic) bond motifs is 1. The van der Waals surface area contributed by atoms with Crippen LogP contribution < -0.4 is 15.5 Å². The van der Waals surface area contributed by atoms with Crippen molar-refractivity contribution in [3.05, 3.63) is 60.3 Å². The molecule has 3 aromatic rings. The summed E-state index contributed by atoms with van der Waals surface area (Å²) in [6, 6.07) is 11.3. The maximum Gasteiger partial charge on any atom is 0.313 e. The number of carbonyl (C=O) groups is 2. The lowest BCUT2D eigenvalue weighted by Gasteiger charge is -2.24. The number of likely N-dealkylation sites (N-methyl/N-ethyl adjacent to an activating group) is 1. The molecule has 0 saturated heterocycles. The van der Waals surface area contributed by atoms with Gasteiger partial charge in [0.15, 0.2) is 11.6 Å². The number of rotatable bonds is 5. The van der Waals surface area contributed by atoms with Crippen LogP contribution in [-0.2, 0) is 9.59 Å². The lowest BCUT2D eigenvalue weighted by Crippen LogP contribution is -2.45. The number of carbonyl (C=O) groups excluding carboxylic acids is 2. The first-order valence-corrected chi connectivity index (χ1v) is 8.69. The summed E-state index contributed by atoms with van der Waals surface area (Å²) in [5, 5.41) is 5.32. The molecule has 2 aromatic carbocycles. The number of anilines is 2. The van der Waals surface area contributed by atoms with E-state index in [1.807, 2.05) is 42.3 Å². The molecule has 0 saturated carbocycles. The first-order chi connectivity index (χ1) is 13.3. The molecule has 0 bridgehead atoms. The molecule has 8 heteroatoms. The van der Waals surface area contributed by atoms with E-state index >= 15 is 0 Å². The molecular weight excluding hydrogens is 366 g/mol. The molecule has 0 unspecified atom stereocenters. The summed E-state index contributed by atoms with van der Waals surface area (Å²) >= 11 is 0. The van der Waals surface area contributed by atoms with Crippen LogP contribution in [0.2, 0.25) is 0 Å². The second-order valence-electron chi connectivity index (χ2n) is 6.56. The fourth-order valence-corrected chi connectivity index (χ4v) is 2.93. The van der Waals surface area contributed by atoms with Gasteiger partial charge in [-0.1, -0.05) is 18.2 Å². The highest BCUT2D eigenvalue weighted by molar-refractivity contribution is 6.40. The van der Waals surface area contributed by atoms with Gasteiger partial charge >= 0.3 is 11.8 Å². The Hall–Kier alpha value is -3.42. The van der Waals surface area contributed by atoms with Crippen molar-refractivity contribution in [1.82, 2.24) is 10.3 Å². The Morgan fingerprint density at radius 1 is 1.11 bits per heavy atom. The highest BCUT2D eigenvalue weighted by Crippen LogP contribution is 2.25. The van der Waals surface area contributed by atoms with E-state index in [1.165, 1.54) is 6.20 Å². The van der Waals surface area contributed by atoms with Gasteiger partial charge < -0.3 is 20.5 Å². The molecule has 0 aliphatic heterocycles. The minimum Gasteiger partial charge on any atom is -0.373 e. The molecule has 0 radical (unpaired) electrons. The summed E-state index contributed by atoms with van der Waals surface area (Å²) in [6.07, 6.45) is 1.38. The largest absolute Gasteiger partial charge is 0.373 e. The Labute approximate surface area is 160 Å². The van der Waals surface area contributed by atoms with E-state index < -0.39 is 23.4 Å². The van der Waals surface area contributed by atoms with Crippen LogP contribution in [0.5, 0.6) is 0 Å². The molecule has 0 spiro atoms. The molecule has 1 aromatic heterocycles. The topological polar surface area (TPSA) is 77.2 Å². The van der Waals surface area contributed by atoms with Crippen molar-refractivity contribution in [3.8, 4) is 0 Å². The fourth-order valence-electron chi connectivity index (χ4n) is 2.93. The summed E-state index contributed by atoms with van der Waals surface area (Å²) in [4.78, 5) is 29.0. The maximum atomic E-state index is 13.5. The van der Waals surface area contributed by atoms with Crippen molar-refractivity contribution >= 4 is 34.1 Å². The first-order valence-electron chi connectivity index (χ1n) is 8.69. The van der Waals surface area contributed by atoms with Crippen molar-refractivity contribution in [3.63, 3.8) is 0 Å². The van der Waals surface area contributed by atoms with Crippen molar-refractivity contribution in [2.45, 2.75) is 13.0 Å². The highest BCUT2D eigenvalue weighted by Gasteiger charge is 2.19. The molecule has 0 fully saturated rings. The number of hydrogen-bond acceptors (Lipinski definition) is 3. The predicted octanol–water partition coefficient (Wildman–Crippen LogP) is 3.03. The van der Waals surface area contributed by atoms with Gasteiger partial charge in [0.2, 0.25) is 0 Å². The Kier molecular flexibility index (Phi) is 5.58. The Bertz CT molecular complexity index is 1000. The zero-order valence-electron chi connectivity index (χ0n) is 15.4. The van der Waals surface area contributed by atoms with E-state index in [0.717, 1.165) is 17.8 Å². The van der Waals surface area contributed by atoms with E-state index in [9.17, 15) is 18.4 Å². The monoisotopic (exact) mass is 386 g/mol. The van der Waals surface area contributed by atoms with Crippen LogP contribution in [0.1, 0.15) is 6.92 Å². The average Bonchev–Trinajstić information content (AvgIpc) is 3.04. The molecule has 0 aliphatic carbocycles. The predicted molar refractivity (Wildman–Crippen MR) is 104 cm³/mol. The second-order valence-corrected chi connectivity index (χ2v) is 6.56. The molecule has 2 amide bonds. The van der Waals surface area contributed by atoms with E-state index in [-0.39, 0.29) is 17.1 Å². The quantitative estimate of drug-likeness (QED) is 0.590. The van der Waals surface area contributed by atoms with Gasteiger partial charge in [0.1, 0.15) is 0 Å². The van der Waals surface area contributed by atoms with Crippen LogP contribution in [0.3, 0.4) is 0 Å². The molecule has 146 valence electrons. The van der Waals surface area contributed by atoms with Gasteiger partial charge in [0.05, 0.1) is 11.2 Å². The van der Waals surface area contributed by atoms with Gasteiger partial charge in [-0.3, -0.25) is 9.59 Å². The third-order valence-corrected chi connectivity index (χ3v) is 4.30. The Morgan fingerprint density at radius 3 is 2.50 bits per heavy atom. The first kappa shape index (κ1) is 19.3. The third kappa shape index (κ3) is 4.28. The normalized spacial score (nSPS) is 11.9. The highest BCUT2D eigenvalue weighted by atomic mass is 19.2. The minimum absolute atomic E-state index is 0.197. The van der Waals surface area contributed by atoms with Crippen molar-refractivity contribution in [2.24, 2.45) is 0 Å². The number of benzene rings is 2. The van der Waals surface area contributed by atoms with Gasteiger partial charge in [0, 0.05) is 43.0 Å². The molecule has 28 heavy (non-hydrogen) atoms. The summed E-state index contributed by atoms with van der Waals surface area (Å²) in [7, 11) is 1.89. The van der Waals surface area contributed by atoms with E-state index in [1.54, 1.807) is 6.92 Å². The van der Waals surface area contributed by atoms with Crippen LogP contribution in [0, 0.1) is 11.6 Å². The van der Waals surface area contributed by atoms with Gasteiger partial charge in [-0.25, -0.2) is 8.78 Å². The lowest BCUT2D eigenvalue weighted by atomic mass is 10.2. The summed E-state index contributed by atoms with van der Waals surface area (Å²) in [5.41, 5.74) is 1.50. The maximum absolute atomic E-state index is 13.5. The van der Waals surface area contributed by atoms with Crippen LogP contribution in [-0.4, -0.2) is 36.4 Å². The number of halogens is 2.